The molecule has 0 radical (unpaired) electrons. The molecule has 6 nitrogen and oxygen atoms in total. The van der Waals surface area contributed by atoms with Gasteiger partial charge in [0, 0.05) is 0 Å². The van der Waals surface area contributed by atoms with Crippen molar-refractivity contribution >= 4 is 17.0 Å². The Morgan fingerprint density at radius 3 is 2.47 bits per heavy atom. The molecule has 2 aromatic rings. The minimum atomic E-state index is -0.165. The van der Waals surface area contributed by atoms with Gasteiger partial charge in [0.25, 0.3) is 0 Å². The zero-order chi connectivity index (χ0) is 11.2. The third-order valence-electron chi connectivity index (χ3n) is 2.07. The minimum Gasteiger partial charge on any atom is -0.382 e. The van der Waals surface area contributed by atoms with Gasteiger partial charge >= 0.3 is 0 Å². The highest BCUT2D eigenvalue weighted by Crippen LogP contribution is 2.20. The van der Waals surface area contributed by atoms with Crippen LogP contribution in [0.25, 0.3) is 11.2 Å². The first-order valence-electron chi connectivity index (χ1n) is 4.75. The smallest absolute Gasteiger partial charge is 0.184 e. The van der Waals surface area contributed by atoms with E-state index in [9.17, 15) is 0 Å². The summed E-state index contributed by atoms with van der Waals surface area (Å²) in [5.74, 6) is 1.01. The van der Waals surface area contributed by atoms with E-state index in [0.717, 1.165) is 0 Å². The van der Waals surface area contributed by atoms with Crippen molar-refractivity contribution in [1.82, 2.24) is 25.0 Å². The molecule has 0 unspecified atom stereocenters. The summed E-state index contributed by atoms with van der Waals surface area (Å²) in [6, 6.07) is 0. The predicted molar refractivity (Wildman–Crippen MR) is 57.3 cm³/mol. The first-order chi connectivity index (χ1) is 6.89. The Morgan fingerprint density at radius 2 is 1.87 bits per heavy atom. The van der Waals surface area contributed by atoms with Crippen LogP contribution in [-0.4, -0.2) is 25.0 Å². The normalized spacial score (nSPS) is 12.3. The molecule has 6 heteroatoms. The van der Waals surface area contributed by atoms with Gasteiger partial charge < -0.3 is 5.73 Å². The van der Waals surface area contributed by atoms with Crippen LogP contribution in [0.4, 0.5) is 5.82 Å². The van der Waals surface area contributed by atoms with Crippen molar-refractivity contribution in [2.75, 3.05) is 5.73 Å². The van der Waals surface area contributed by atoms with Gasteiger partial charge in [0.1, 0.15) is 5.82 Å². The lowest BCUT2D eigenvalue weighted by molar-refractivity contribution is 0.356. The van der Waals surface area contributed by atoms with Crippen molar-refractivity contribution in [2.24, 2.45) is 0 Å². The summed E-state index contributed by atoms with van der Waals surface area (Å²) in [6.07, 6.45) is 0. The van der Waals surface area contributed by atoms with Gasteiger partial charge in [-0.3, -0.25) is 0 Å². The van der Waals surface area contributed by atoms with E-state index in [-0.39, 0.29) is 5.54 Å². The van der Waals surface area contributed by atoms with E-state index in [2.05, 4.69) is 20.3 Å². The molecule has 0 bridgehead atoms. The number of nitrogens with zero attached hydrogens (tertiary/aromatic N) is 5. The monoisotopic (exact) mass is 206 g/mol. The van der Waals surface area contributed by atoms with Crippen LogP contribution >= 0.6 is 0 Å². The van der Waals surface area contributed by atoms with Gasteiger partial charge in [0.15, 0.2) is 17.0 Å². The third-order valence-corrected chi connectivity index (χ3v) is 2.07. The fourth-order valence-corrected chi connectivity index (χ4v) is 1.40. The van der Waals surface area contributed by atoms with Crippen LogP contribution in [0.2, 0.25) is 0 Å². The van der Waals surface area contributed by atoms with Crippen molar-refractivity contribution < 1.29 is 0 Å². The first-order valence-corrected chi connectivity index (χ1v) is 4.75. The molecular weight excluding hydrogens is 192 g/mol. The average Bonchev–Trinajstić information content (AvgIpc) is 2.45. The molecule has 0 amide bonds. The van der Waals surface area contributed by atoms with Crippen LogP contribution in [0.15, 0.2) is 0 Å². The van der Waals surface area contributed by atoms with Gasteiger partial charge in [-0.05, 0) is 27.7 Å². The number of aryl methyl sites for hydroxylation is 1. The summed E-state index contributed by atoms with van der Waals surface area (Å²) >= 11 is 0. The summed E-state index contributed by atoms with van der Waals surface area (Å²) in [5.41, 5.74) is 6.83. The van der Waals surface area contributed by atoms with Crippen LogP contribution < -0.4 is 5.73 Å². The zero-order valence-corrected chi connectivity index (χ0v) is 9.31. The maximum absolute atomic E-state index is 5.75. The van der Waals surface area contributed by atoms with Crippen molar-refractivity contribution in [1.29, 1.82) is 0 Å². The van der Waals surface area contributed by atoms with Crippen LogP contribution in [-0.2, 0) is 5.54 Å². The van der Waals surface area contributed by atoms with E-state index in [1.165, 1.54) is 0 Å². The molecular formula is C9H14N6. The summed E-state index contributed by atoms with van der Waals surface area (Å²) in [6.45, 7) is 7.91. The highest BCUT2D eigenvalue weighted by Gasteiger charge is 2.20. The highest BCUT2D eigenvalue weighted by atomic mass is 15.5. The number of nitrogens with two attached hydrogens (primary N) is 1. The maximum Gasteiger partial charge on any atom is 0.184 e. The van der Waals surface area contributed by atoms with E-state index in [0.29, 0.717) is 22.8 Å². The Labute approximate surface area is 87.5 Å². The molecule has 15 heavy (non-hydrogen) atoms. The predicted octanol–water partition coefficient (Wildman–Crippen LogP) is 0.867. The van der Waals surface area contributed by atoms with Crippen molar-refractivity contribution in [3.05, 3.63) is 5.82 Å². The molecule has 0 fully saturated rings. The van der Waals surface area contributed by atoms with Gasteiger partial charge in [-0.15, -0.1) is 5.10 Å². The van der Waals surface area contributed by atoms with Crippen LogP contribution in [0, 0.1) is 6.92 Å². The fourth-order valence-electron chi connectivity index (χ4n) is 1.40. The number of fused-ring (bicyclic) bond motifs is 1. The van der Waals surface area contributed by atoms with Crippen molar-refractivity contribution in [3.63, 3.8) is 0 Å². The Kier molecular flexibility index (Phi) is 1.89. The standard InChI is InChI=1S/C9H14N6/c1-5-11-7(10)6-8(12-5)15(14-13-6)9(2,3)4/h1-4H3,(H2,10,11,12). The van der Waals surface area contributed by atoms with E-state index < -0.39 is 0 Å². The molecule has 0 spiro atoms. The third kappa shape index (κ3) is 1.51. The number of hydrogen-bond acceptors (Lipinski definition) is 5. The molecule has 0 aromatic carbocycles. The Balaban J connectivity index is 2.80. The highest BCUT2D eigenvalue weighted by molar-refractivity contribution is 5.80. The van der Waals surface area contributed by atoms with Crippen molar-refractivity contribution in [3.8, 4) is 0 Å². The van der Waals surface area contributed by atoms with Gasteiger partial charge in [-0.25, -0.2) is 14.6 Å². The molecule has 0 aliphatic heterocycles. The molecule has 2 rings (SSSR count). The van der Waals surface area contributed by atoms with Gasteiger partial charge in [0.05, 0.1) is 5.54 Å². The summed E-state index contributed by atoms with van der Waals surface area (Å²) in [4.78, 5) is 8.36. The largest absolute Gasteiger partial charge is 0.382 e. The van der Waals surface area contributed by atoms with Crippen LogP contribution in [0.3, 0.4) is 0 Å². The lowest BCUT2D eigenvalue weighted by atomic mass is 10.1. The molecule has 0 aliphatic rings. The number of rotatable bonds is 0. The molecule has 0 atom stereocenters. The van der Waals surface area contributed by atoms with E-state index in [4.69, 9.17) is 5.73 Å². The SMILES string of the molecule is Cc1nc(N)c2nnn(C(C)(C)C)c2n1. The van der Waals surface area contributed by atoms with Crippen LogP contribution in [0.5, 0.6) is 0 Å². The molecule has 2 aromatic heterocycles. The molecule has 0 saturated carbocycles. The first kappa shape index (κ1) is 9.82. The quantitative estimate of drug-likeness (QED) is 0.691. The molecule has 0 aliphatic carbocycles. The molecule has 2 N–H and O–H groups in total. The maximum atomic E-state index is 5.75. The van der Waals surface area contributed by atoms with Crippen molar-refractivity contribution in [2.45, 2.75) is 33.2 Å². The van der Waals surface area contributed by atoms with Gasteiger partial charge in [-0.2, -0.15) is 0 Å². The molecule has 2 heterocycles. The van der Waals surface area contributed by atoms with Gasteiger partial charge in [-0.1, -0.05) is 5.21 Å². The Hall–Kier alpha value is -1.72. The number of nitrogen functional groups attached to an aromatic ring is 1. The Morgan fingerprint density at radius 1 is 1.20 bits per heavy atom. The van der Waals surface area contributed by atoms with E-state index in [1.807, 2.05) is 20.8 Å². The number of hydrogen-bond donors (Lipinski definition) is 1. The second-order valence-corrected chi connectivity index (χ2v) is 4.50. The number of anilines is 1. The van der Waals surface area contributed by atoms with E-state index in [1.54, 1.807) is 11.6 Å². The summed E-state index contributed by atoms with van der Waals surface area (Å²) in [5, 5.41) is 8.04. The summed E-state index contributed by atoms with van der Waals surface area (Å²) < 4.78 is 1.76. The van der Waals surface area contributed by atoms with E-state index >= 15 is 0 Å². The van der Waals surface area contributed by atoms with Gasteiger partial charge in [0.2, 0.25) is 0 Å². The fraction of sp³-hybridized carbons (Fsp3) is 0.556. The topological polar surface area (TPSA) is 82.5 Å². The summed E-state index contributed by atoms with van der Waals surface area (Å²) in [7, 11) is 0. The molecule has 80 valence electrons. The zero-order valence-electron chi connectivity index (χ0n) is 9.31. The second kappa shape index (κ2) is 2.88. The number of aromatic nitrogens is 5. The lowest BCUT2D eigenvalue weighted by Crippen LogP contribution is -2.23. The Bertz CT molecular complexity index is 507. The average molecular weight is 206 g/mol. The van der Waals surface area contributed by atoms with Crippen LogP contribution in [0.1, 0.15) is 26.6 Å². The molecule has 0 saturated heterocycles. The lowest BCUT2D eigenvalue weighted by Gasteiger charge is -2.18. The minimum absolute atomic E-state index is 0.165. The second-order valence-electron chi connectivity index (χ2n) is 4.50.